The van der Waals surface area contributed by atoms with Crippen molar-refractivity contribution in [3.8, 4) is 0 Å². The molecule has 1 aromatic carbocycles. The molecule has 1 rings (SSSR count). The summed E-state index contributed by atoms with van der Waals surface area (Å²) in [6.07, 6.45) is 1.38. The second-order valence-electron chi connectivity index (χ2n) is 3.87. The minimum absolute atomic E-state index is 0.119. The lowest BCUT2D eigenvalue weighted by Gasteiger charge is -2.10. The van der Waals surface area contributed by atoms with Crippen LogP contribution in [0.5, 0.6) is 0 Å². The highest BCUT2D eigenvalue weighted by Crippen LogP contribution is 2.26. The first kappa shape index (κ1) is 16.2. The van der Waals surface area contributed by atoms with E-state index in [1.165, 1.54) is 0 Å². The van der Waals surface area contributed by atoms with Crippen LogP contribution in [0.15, 0.2) is 0 Å². The van der Waals surface area contributed by atoms with Gasteiger partial charge in [-0.05, 0) is 6.42 Å². The maximum atomic E-state index is 13.2. The number of hydrogen-bond donors (Lipinski definition) is 1. The number of ether oxygens (including phenoxy) is 1. The third-order valence-corrected chi connectivity index (χ3v) is 2.38. The lowest BCUT2D eigenvalue weighted by Crippen LogP contribution is -2.20. The van der Waals surface area contributed by atoms with Gasteiger partial charge < -0.3 is 10.1 Å². The molecule has 20 heavy (non-hydrogen) atoms. The topological polar surface area (TPSA) is 38.3 Å². The highest BCUT2D eigenvalue weighted by atomic mass is 19.2. The summed E-state index contributed by atoms with van der Waals surface area (Å²) in [6.45, 7) is 1.27. The van der Waals surface area contributed by atoms with E-state index in [1.807, 2.05) is 12.2 Å². The first-order chi connectivity index (χ1) is 9.40. The molecule has 1 N–H and O–H groups in total. The Bertz CT molecular complexity index is 478. The monoisotopic (exact) mass is 297 g/mol. The highest BCUT2D eigenvalue weighted by Gasteiger charge is 2.25. The Labute approximate surface area is 111 Å². The number of halogens is 5. The summed E-state index contributed by atoms with van der Waals surface area (Å²) in [6, 6.07) is 0. The summed E-state index contributed by atoms with van der Waals surface area (Å²) in [7, 11) is 0. The zero-order valence-electron chi connectivity index (χ0n) is 10.5. The number of carbonyl (C=O) groups excluding carboxylic acids is 1. The normalized spacial score (nSPS) is 10.5. The maximum absolute atomic E-state index is 13.2. The van der Waals surface area contributed by atoms with E-state index in [0.29, 0.717) is 6.42 Å². The van der Waals surface area contributed by atoms with Gasteiger partial charge >= 0.3 is 5.97 Å². The van der Waals surface area contributed by atoms with Gasteiger partial charge in [-0.15, -0.1) is 0 Å². The molecule has 0 unspecified atom stereocenters. The largest absolute Gasteiger partial charge is 0.464 e. The first-order valence-corrected chi connectivity index (χ1v) is 5.81. The molecule has 0 radical (unpaired) electrons. The predicted octanol–water partition coefficient (Wildman–Crippen LogP) is 3.14. The lowest BCUT2D eigenvalue weighted by molar-refractivity contribution is -0.141. The van der Waals surface area contributed by atoms with Gasteiger partial charge in [0.15, 0.2) is 23.3 Å². The smallest absolute Gasteiger partial charge is 0.325 e. The zero-order chi connectivity index (χ0) is 15.3. The summed E-state index contributed by atoms with van der Waals surface area (Å²) in [5.74, 6) is -11.3. The molecule has 0 aliphatic carbocycles. The van der Waals surface area contributed by atoms with Crippen molar-refractivity contribution in [3.05, 3.63) is 29.1 Å². The second-order valence-corrected chi connectivity index (χ2v) is 3.87. The molecule has 0 saturated carbocycles. The molecule has 0 saturated heterocycles. The number of rotatable bonds is 6. The van der Waals surface area contributed by atoms with Crippen molar-refractivity contribution in [2.24, 2.45) is 0 Å². The van der Waals surface area contributed by atoms with Crippen LogP contribution in [0.3, 0.4) is 0 Å². The standard InChI is InChI=1S/C12H12F5NO2/c1-2-3-4-20-6(19)5-18-12-10(16)8(14)7(13)9(15)11(12)17/h18H,2-5H2,1H3. The number of esters is 1. The summed E-state index contributed by atoms with van der Waals surface area (Å²) < 4.78 is 69.6. The highest BCUT2D eigenvalue weighted by molar-refractivity contribution is 5.75. The molecule has 0 aliphatic heterocycles. The van der Waals surface area contributed by atoms with Crippen LogP contribution in [0.1, 0.15) is 19.8 Å². The van der Waals surface area contributed by atoms with Crippen LogP contribution in [0.2, 0.25) is 0 Å². The van der Waals surface area contributed by atoms with Crippen molar-refractivity contribution < 1.29 is 31.5 Å². The molecule has 0 fully saturated rings. The summed E-state index contributed by atoms with van der Waals surface area (Å²) in [4.78, 5) is 11.2. The molecule has 0 bridgehead atoms. The Morgan fingerprint density at radius 1 is 1.00 bits per heavy atom. The Kier molecular flexibility index (Phi) is 5.72. The number of nitrogens with one attached hydrogen (secondary N) is 1. The van der Waals surface area contributed by atoms with E-state index in [4.69, 9.17) is 0 Å². The fraction of sp³-hybridized carbons (Fsp3) is 0.417. The molecule has 0 aromatic heterocycles. The Morgan fingerprint density at radius 3 is 2.00 bits per heavy atom. The number of unbranched alkanes of at least 4 members (excludes halogenated alkanes) is 1. The van der Waals surface area contributed by atoms with Gasteiger partial charge in [0.25, 0.3) is 0 Å². The third kappa shape index (κ3) is 3.58. The Morgan fingerprint density at radius 2 is 1.50 bits per heavy atom. The quantitative estimate of drug-likeness (QED) is 0.288. The van der Waals surface area contributed by atoms with Gasteiger partial charge in [0, 0.05) is 0 Å². The average molecular weight is 297 g/mol. The van der Waals surface area contributed by atoms with Gasteiger partial charge in [-0.3, -0.25) is 4.79 Å². The molecule has 0 spiro atoms. The molecule has 0 atom stereocenters. The van der Waals surface area contributed by atoms with Crippen molar-refractivity contribution in [1.82, 2.24) is 0 Å². The molecule has 0 aliphatic rings. The molecular weight excluding hydrogens is 285 g/mol. The minimum atomic E-state index is -2.25. The summed E-state index contributed by atoms with van der Waals surface area (Å²) >= 11 is 0. The van der Waals surface area contributed by atoms with Crippen LogP contribution in [0.4, 0.5) is 27.6 Å². The van der Waals surface area contributed by atoms with E-state index in [2.05, 4.69) is 4.74 Å². The lowest BCUT2D eigenvalue weighted by atomic mass is 10.2. The Hall–Kier alpha value is -1.86. The van der Waals surface area contributed by atoms with Gasteiger partial charge in [-0.1, -0.05) is 13.3 Å². The molecule has 1 aromatic rings. The first-order valence-electron chi connectivity index (χ1n) is 5.81. The van der Waals surface area contributed by atoms with E-state index in [-0.39, 0.29) is 6.61 Å². The Balaban J connectivity index is 2.76. The number of benzene rings is 1. The van der Waals surface area contributed by atoms with Gasteiger partial charge in [0.05, 0.1) is 6.61 Å². The van der Waals surface area contributed by atoms with Gasteiger partial charge in [-0.25, -0.2) is 22.0 Å². The van der Waals surface area contributed by atoms with Gasteiger partial charge in [0.2, 0.25) is 5.82 Å². The molecule has 112 valence electrons. The van der Waals surface area contributed by atoms with Crippen molar-refractivity contribution in [2.75, 3.05) is 18.5 Å². The van der Waals surface area contributed by atoms with Crippen LogP contribution < -0.4 is 5.32 Å². The molecular formula is C12H12F5NO2. The molecule has 0 amide bonds. The van der Waals surface area contributed by atoms with E-state index in [0.717, 1.165) is 6.42 Å². The number of hydrogen-bond acceptors (Lipinski definition) is 3. The fourth-order valence-corrected chi connectivity index (χ4v) is 1.30. The number of anilines is 1. The van der Waals surface area contributed by atoms with Crippen LogP contribution in [-0.4, -0.2) is 19.1 Å². The predicted molar refractivity (Wildman–Crippen MR) is 60.6 cm³/mol. The summed E-state index contributed by atoms with van der Waals surface area (Å²) in [5.41, 5.74) is -1.26. The van der Waals surface area contributed by atoms with Crippen LogP contribution in [0, 0.1) is 29.1 Å². The van der Waals surface area contributed by atoms with E-state index >= 15 is 0 Å². The SMILES string of the molecule is CCCCOC(=O)CNc1c(F)c(F)c(F)c(F)c1F. The van der Waals surface area contributed by atoms with E-state index in [1.54, 1.807) is 0 Å². The molecule has 0 heterocycles. The fourth-order valence-electron chi connectivity index (χ4n) is 1.30. The molecule has 3 nitrogen and oxygen atoms in total. The van der Waals surface area contributed by atoms with Crippen LogP contribution in [0.25, 0.3) is 0 Å². The van der Waals surface area contributed by atoms with Crippen molar-refractivity contribution >= 4 is 11.7 Å². The van der Waals surface area contributed by atoms with E-state index < -0.39 is 47.3 Å². The zero-order valence-corrected chi connectivity index (χ0v) is 10.5. The second kappa shape index (κ2) is 7.06. The van der Waals surface area contributed by atoms with Gasteiger partial charge in [0.1, 0.15) is 12.2 Å². The average Bonchev–Trinajstić information content (AvgIpc) is 2.43. The maximum Gasteiger partial charge on any atom is 0.325 e. The van der Waals surface area contributed by atoms with Crippen molar-refractivity contribution in [3.63, 3.8) is 0 Å². The van der Waals surface area contributed by atoms with Crippen molar-refractivity contribution in [1.29, 1.82) is 0 Å². The third-order valence-electron chi connectivity index (χ3n) is 2.38. The molecule has 8 heteroatoms. The summed E-state index contributed by atoms with van der Waals surface area (Å²) in [5, 5.41) is 1.85. The number of carbonyl (C=O) groups is 1. The van der Waals surface area contributed by atoms with E-state index in [9.17, 15) is 26.7 Å². The van der Waals surface area contributed by atoms with Crippen LogP contribution in [-0.2, 0) is 9.53 Å². The van der Waals surface area contributed by atoms with Crippen molar-refractivity contribution in [2.45, 2.75) is 19.8 Å². The minimum Gasteiger partial charge on any atom is -0.464 e. The van der Waals surface area contributed by atoms with Crippen LogP contribution >= 0.6 is 0 Å². The van der Waals surface area contributed by atoms with Gasteiger partial charge in [-0.2, -0.15) is 0 Å².